The molecule has 4 nitrogen and oxygen atoms in total. The number of rotatable bonds is 4. The molecule has 0 saturated carbocycles. The largest absolute Gasteiger partial charge is 0.496 e. The number of halogens is 1. The van der Waals surface area contributed by atoms with Crippen LogP contribution in [0.2, 0.25) is 0 Å². The zero-order chi connectivity index (χ0) is 19.1. The first-order valence-electron chi connectivity index (χ1n) is 9.27. The van der Waals surface area contributed by atoms with Gasteiger partial charge in [-0.2, -0.15) is 0 Å². The van der Waals surface area contributed by atoms with Gasteiger partial charge in [-0.05, 0) is 50.5 Å². The normalized spacial score (nSPS) is 15.6. The van der Waals surface area contributed by atoms with E-state index in [-0.39, 0.29) is 11.9 Å². The van der Waals surface area contributed by atoms with Crippen molar-refractivity contribution in [2.45, 2.75) is 39.7 Å². The van der Waals surface area contributed by atoms with E-state index in [0.29, 0.717) is 12.0 Å². The number of pyridine rings is 1. The summed E-state index contributed by atoms with van der Waals surface area (Å²) in [6.45, 7) is 6.22. The highest BCUT2D eigenvalue weighted by molar-refractivity contribution is 5.81. The van der Waals surface area contributed by atoms with Gasteiger partial charge in [0.2, 0.25) is 0 Å². The van der Waals surface area contributed by atoms with Crippen LogP contribution in [0, 0.1) is 13.8 Å². The third-order valence-corrected chi connectivity index (χ3v) is 5.51. The van der Waals surface area contributed by atoms with Crippen LogP contribution in [0.5, 0.6) is 5.75 Å². The number of ether oxygens (including phenoxy) is 1. The molecule has 2 aromatic heterocycles. The average molecular weight is 365 g/mol. The van der Waals surface area contributed by atoms with Crippen LogP contribution >= 0.6 is 0 Å². The quantitative estimate of drug-likeness (QED) is 0.651. The Morgan fingerprint density at radius 2 is 2.11 bits per heavy atom. The summed E-state index contributed by atoms with van der Waals surface area (Å²) in [4.78, 5) is 4.40. The molecule has 3 aromatic rings. The van der Waals surface area contributed by atoms with E-state index in [9.17, 15) is 4.39 Å². The fraction of sp³-hybridized carbons (Fsp3) is 0.318. The smallest absolute Gasteiger partial charge is 0.124 e. The van der Waals surface area contributed by atoms with Crippen LogP contribution in [-0.4, -0.2) is 21.9 Å². The molecule has 1 aliphatic rings. The van der Waals surface area contributed by atoms with Crippen LogP contribution in [0.1, 0.15) is 48.2 Å². The van der Waals surface area contributed by atoms with Crippen LogP contribution < -0.4 is 4.74 Å². The van der Waals surface area contributed by atoms with Gasteiger partial charge in [-0.15, -0.1) is 0 Å². The Kier molecular flexibility index (Phi) is 4.38. The molecule has 4 rings (SSSR count). The molecule has 27 heavy (non-hydrogen) atoms. The van der Waals surface area contributed by atoms with Gasteiger partial charge in [-0.3, -0.25) is 14.8 Å². The van der Waals surface area contributed by atoms with Crippen molar-refractivity contribution in [2.24, 2.45) is 0 Å². The highest BCUT2D eigenvalue weighted by Crippen LogP contribution is 2.36. The number of nitrogens with zero attached hydrogens (tertiary/aromatic N) is 2. The Hall–Kier alpha value is -2.82. The van der Waals surface area contributed by atoms with E-state index in [1.807, 2.05) is 43.5 Å². The lowest BCUT2D eigenvalue weighted by atomic mass is 9.95. The molecule has 0 spiro atoms. The SMILES string of the molecule is COc1ccc(C2=C(F)CCC=C2)cc1[C@@H](C)n1[nH]c2cnc(C)c(C)c21. The fourth-order valence-electron chi connectivity index (χ4n) is 3.76. The number of methoxy groups -OCH3 is 1. The summed E-state index contributed by atoms with van der Waals surface area (Å²) >= 11 is 0. The molecule has 1 N–H and O–H groups in total. The number of hydrogen-bond acceptors (Lipinski definition) is 2. The van der Waals surface area contributed by atoms with Crippen molar-refractivity contribution in [2.75, 3.05) is 7.11 Å². The number of aryl methyl sites for hydroxylation is 2. The maximum atomic E-state index is 14.3. The molecule has 0 amide bonds. The minimum Gasteiger partial charge on any atom is -0.496 e. The molecule has 5 heteroatoms. The van der Waals surface area contributed by atoms with Gasteiger partial charge in [-0.1, -0.05) is 18.2 Å². The predicted octanol–water partition coefficient (Wildman–Crippen LogP) is 5.63. The molecule has 0 aliphatic heterocycles. The van der Waals surface area contributed by atoms with Gasteiger partial charge < -0.3 is 4.74 Å². The summed E-state index contributed by atoms with van der Waals surface area (Å²) in [7, 11) is 1.67. The number of allylic oxidation sites excluding steroid dienone is 4. The average Bonchev–Trinajstić information content (AvgIpc) is 2.65. The van der Waals surface area contributed by atoms with Crippen molar-refractivity contribution in [3.8, 4) is 5.75 Å². The second-order valence-electron chi connectivity index (χ2n) is 7.11. The van der Waals surface area contributed by atoms with Crippen molar-refractivity contribution in [1.82, 2.24) is 14.8 Å². The maximum absolute atomic E-state index is 14.3. The zero-order valence-electron chi connectivity index (χ0n) is 16.1. The minimum atomic E-state index is -0.0498. The van der Waals surface area contributed by atoms with E-state index >= 15 is 0 Å². The van der Waals surface area contributed by atoms with Gasteiger partial charge in [-0.25, -0.2) is 4.39 Å². The Labute approximate surface area is 158 Å². The van der Waals surface area contributed by atoms with E-state index in [0.717, 1.165) is 45.6 Å². The molecule has 1 atom stereocenters. The molecule has 1 aromatic carbocycles. The van der Waals surface area contributed by atoms with Crippen LogP contribution in [0.3, 0.4) is 0 Å². The number of nitrogens with one attached hydrogen (secondary N) is 1. The lowest BCUT2D eigenvalue weighted by Crippen LogP contribution is -2.19. The topological polar surface area (TPSA) is 42.8 Å². The lowest BCUT2D eigenvalue weighted by Gasteiger charge is -2.26. The van der Waals surface area contributed by atoms with Gasteiger partial charge in [0.25, 0.3) is 0 Å². The summed E-state index contributed by atoms with van der Waals surface area (Å²) in [6, 6.07) is 5.91. The number of aromatic amines is 1. The fourth-order valence-corrected chi connectivity index (χ4v) is 3.76. The lowest BCUT2D eigenvalue weighted by molar-refractivity contribution is 0.400. The highest BCUT2D eigenvalue weighted by atomic mass is 19.1. The molecular weight excluding hydrogens is 341 g/mol. The second kappa shape index (κ2) is 6.72. The standard InChI is InChI=1S/C22H24FN3O/c1-13-14(2)24-12-20-22(13)26(25-20)15(3)18-11-16(9-10-21(18)27-4)17-7-5-6-8-19(17)23/h5,7,9-12,15,25H,6,8H2,1-4H3/t15-/m1/s1. The van der Waals surface area contributed by atoms with Gasteiger partial charge in [0.15, 0.2) is 0 Å². The van der Waals surface area contributed by atoms with Crippen LogP contribution in [0.15, 0.2) is 42.4 Å². The maximum Gasteiger partial charge on any atom is 0.124 e. The van der Waals surface area contributed by atoms with Crippen LogP contribution in [0.25, 0.3) is 16.6 Å². The van der Waals surface area contributed by atoms with E-state index in [2.05, 4.69) is 28.6 Å². The molecule has 1 aliphatic carbocycles. The summed E-state index contributed by atoms with van der Waals surface area (Å²) in [5.41, 5.74) is 6.95. The Bertz CT molecular complexity index is 1070. The molecule has 0 saturated heterocycles. The van der Waals surface area contributed by atoms with Gasteiger partial charge in [0.1, 0.15) is 11.6 Å². The number of benzene rings is 1. The number of fused-ring (bicyclic) bond motifs is 1. The summed E-state index contributed by atoms with van der Waals surface area (Å²) in [5, 5.41) is 3.36. The van der Waals surface area contributed by atoms with Crippen LogP contribution in [-0.2, 0) is 0 Å². The van der Waals surface area contributed by atoms with Crippen LogP contribution in [0.4, 0.5) is 4.39 Å². The summed E-state index contributed by atoms with van der Waals surface area (Å²) in [5.74, 6) is 0.747. The Morgan fingerprint density at radius 3 is 2.85 bits per heavy atom. The monoisotopic (exact) mass is 365 g/mol. The third-order valence-electron chi connectivity index (χ3n) is 5.51. The van der Waals surface area contributed by atoms with Crippen molar-refractivity contribution in [1.29, 1.82) is 0 Å². The van der Waals surface area contributed by atoms with Crippen molar-refractivity contribution in [3.05, 3.63) is 64.8 Å². The first kappa shape index (κ1) is 17.6. The van der Waals surface area contributed by atoms with Gasteiger partial charge in [0, 0.05) is 23.3 Å². The van der Waals surface area contributed by atoms with Gasteiger partial charge in [0.05, 0.1) is 30.4 Å². The minimum absolute atomic E-state index is 0.0177. The molecular formula is C22H24FN3O. The zero-order valence-corrected chi connectivity index (χ0v) is 16.1. The first-order chi connectivity index (χ1) is 13.0. The molecule has 140 valence electrons. The number of H-pyrrole nitrogens is 1. The van der Waals surface area contributed by atoms with E-state index < -0.39 is 0 Å². The predicted molar refractivity (Wildman–Crippen MR) is 107 cm³/mol. The highest BCUT2D eigenvalue weighted by Gasteiger charge is 2.21. The van der Waals surface area contributed by atoms with E-state index in [1.165, 1.54) is 0 Å². The molecule has 0 bridgehead atoms. The number of hydrogen-bond donors (Lipinski definition) is 1. The first-order valence-corrected chi connectivity index (χ1v) is 9.27. The van der Waals surface area contributed by atoms with E-state index in [1.54, 1.807) is 7.11 Å². The van der Waals surface area contributed by atoms with Crippen molar-refractivity contribution < 1.29 is 9.13 Å². The Morgan fingerprint density at radius 1 is 1.30 bits per heavy atom. The molecule has 0 fully saturated rings. The van der Waals surface area contributed by atoms with Crippen molar-refractivity contribution >= 4 is 16.6 Å². The summed E-state index contributed by atoms with van der Waals surface area (Å²) < 4.78 is 22.1. The van der Waals surface area contributed by atoms with Crippen molar-refractivity contribution in [3.63, 3.8) is 0 Å². The molecule has 2 heterocycles. The number of aromatic nitrogens is 3. The van der Waals surface area contributed by atoms with E-state index in [4.69, 9.17) is 4.74 Å². The Balaban J connectivity index is 1.81. The molecule has 0 radical (unpaired) electrons. The summed E-state index contributed by atoms with van der Waals surface area (Å²) in [6.07, 6.45) is 7.00. The van der Waals surface area contributed by atoms with Gasteiger partial charge >= 0.3 is 0 Å². The second-order valence-corrected chi connectivity index (χ2v) is 7.11. The molecule has 0 unspecified atom stereocenters. The third kappa shape index (κ3) is 2.87.